The molecule has 0 N–H and O–H groups in total. The third kappa shape index (κ3) is 4.95. The molecule has 0 unspecified atom stereocenters. The summed E-state index contributed by atoms with van der Waals surface area (Å²) in [7, 11) is 0. The maximum absolute atomic E-state index is 12.6. The Balaban J connectivity index is 1.45. The molecule has 1 saturated heterocycles. The first-order valence-corrected chi connectivity index (χ1v) is 9.91. The van der Waals surface area contributed by atoms with Crippen LogP contribution in [-0.2, 0) is 16.1 Å². The van der Waals surface area contributed by atoms with Crippen molar-refractivity contribution >= 4 is 11.8 Å². The summed E-state index contributed by atoms with van der Waals surface area (Å²) in [6.45, 7) is 12.3. The van der Waals surface area contributed by atoms with E-state index in [0.717, 1.165) is 44.2 Å². The summed E-state index contributed by atoms with van der Waals surface area (Å²) in [5, 5.41) is 0. The minimum absolute atomic E-state index is 0.00819. The highest BCUT2D eigenvalue weighted by Crippen LogP contribution is 2.32. The van der Waals surface area contributed by atoms with Crippen molar-refractivity contribution in [3.63, 3.8) is 0 Å². The van der Waals surface area contributed by atoms with Gasteiger partial charge in [-0.2, -0.15) is 0 Å². The van der Waals surface area contributed by atoms with Crippen LogP contribution in [-0.4, -0.2) is 71.6 Å². The van der Waals surface area contributed by atoms with Crippen LogP contribution in [0.2, 0.25) is 0 Å². The number of carbonyl (C=O) groups is 2. The van der Waals surface area contributed by atoms with Crippen LogP contribution in [0.3, 0.4) is 0 Å². The molecule has 154 valence electrons. The molecule has 0 aromatic heterocycles. The average molecular weight is 389 g/mol. The van der Waals surface area contributed by atoms with Crippen molar-refractivity contribution in [3.05, 3.63) is 23.8 Å². The van der Waals surface area contributed by atoms with Gasteiger partial charge >= 0.3 is 0 Å². The van der Waals surface area contributed by atoms with Gasteiger partial charge in [-0.3, -0.25) is 14.5 Å². The van der Waals surface area contributed by atoms with Crippen molar-refractivity contribution in [3.8, 4) is 11.5 Å². The Bertz CT molecular complexity index is 721. The molecule has 2 amide bonds. The fourth-order valence-electron chi connectivity index (χ4n) is 3.78. The monoisotopic (exact) mass is 389 g/mol. The lowest BCUT2D eigenvalue weighted by molar-refractivity contribution is -0.137. The van der Waals surface area contributed by atoms with E-state index in [2.05, 4.69) is 11.0 Å². The van der Waals surface area contributed by atoms with Gasteiger partial charge in [-0.05, 0) is 38.5 Å². The highest BCUT2D eigenvalue weighted by atomic mass is 16.7. The Hall–Kier alpha value is -2.28. The second-order valence-corrected chi connectivity index (χ2v) is 8.44. The largest absolute Gasteiger partial charge is 0.454 e. The predicted molar refractivity (Wildman–Crippen MR) is 106 cm³/mol. The molecule has 1 fully saturated rings. The number of hydrogen-bond donors (Lipinski definition) is 0. The molecule has 2 aliphatic rings. The smallest absolute Gasteiger partial charge is 0.231 e. The minimum Gasteiger partial charge on any atom is -0.454 e. The Morgan fingerprint density at radius 1 is 1.07 bits per heavy atom. The molecule has 0 radical (unpaired) electrons. The van der Waals surface area contributed by atoms with Crippen molar-refractivity contribution in [1.29, 1.82) is 0 Å². The number of nitrogens with zero attached hydrogens (tertiary/aromatic N) is 3. The molecule has 1 aromatic carbocycles. The van der Waals surface area contributed by atoms with Gasteiger partial charge in [0, 0.05) is 58.2 Å². The van der Waals surface area contributed by atoms with E-state index in [1.165, 1.54) is 5.56 Å². The molecule has 0 bridgehead atoms. The van der Waals surface area contributed by atoms with E-state index >= 15 is 0 Å². The van der Waals surface area contributed by atoms with Crippen molar-refractivity contribution in [2.45, 2.75) is 46.2 Å². The third-order valence-electron chi connectivity index (χ3n) is 5.31. The van der Waals surface area contributed by atoms with Gasteiger partial charge in [0.15, 0.2) is 11.5 Å². The zero-order valence-corrected chi connectivity index (χ0v) is 17.4. The van der Waals surface area contributed by atoms with Crippen molar-refractivity contribution in [2.75, 3.05) is 39.5 Å². The molecule has 1 aromatic rings. The second kappa shape index (κ2) is 8.39. The Morgan fingerprint density at radius 2 is 1.75 bits per heavy atom. The van der Waals surface area contributed by atoms with Gasteiger partial charge in [0.25, 0.3) is 0 Å². The third-order valence-corrected chi connectivity index (χ3v) is 5.31. The summed E-state index contributed by atoms with van der Waals surface area (Å²) in [5.74, 6) is 1.74. The number of hydrogen-bond acceptors (Lipinski definition) is 5. The van der Waals surface area contributed by atoms with Crippen molar-refractivity contribution in [1.82, 2.24) is 14.7 Å². The number of fused-ring (bicyclic) bond motifs is 1. The molecular formula is C21H31N3O4. The van der Waals surface area contributed by atoms with E-state index in [1.807, 2.05) is 37.8 Å². The summed E-state index contributed by atoms with van der Waals surface area (Å²) < 4.78 is 10.8. The highest BCUT2D eigenvalue weighted by molar-refractivity contribution is 5.78. The molecule has 7 nitrogen and oxygen atoms in total. The summed E-state index contributed by atoms with van der Waals surface area (Å²) in [6, 6.07) is 6.05. The van der Waals surface area contributed by atoms with Gasteiger partial charge in [0.05, 0.1) is 0 Å². The minimum atomic E-state index is -0.268. The van der Waals surface area contributed by atoms with Crippen LogP contribution in [0.5, 0.6) is 11.5 Å². The molecule has 3 rings (SSSR count). The van der Waals surface area contributed by atoms with Crippen LogP contribution >= 0.6 is 0 Å². The fraction of sp³-hybridized carbons (Fsp3) is 0.619. The molecule has 0 atom stereocenters. The topological polar surface area (TPSA) is 62.3 Å². The van der Waals surface area contributed by atoms with Gasteiger partial charge in [-0.25, -0.2) is 0 Å². The van der Waals surface area contributed by atoms with E-state index in [-0.39, 0.29) is 24.1 Å². The van der Waals surface area contributed by atoms with Crippen molar-refractivity contribution < 1.29 is 19.1 Å². The summed E-state index contributed by atoms with van der Waals surface area (Å²) in [5.41, 5.74) is 0.918. The molecule has 2 aliphatic heterocycles. The van der Waals surface area contributed by atoms with E-state index in [0.29, 0.717) is 13.0 Å². The Kier molecular flexibility index (Phi) is 6.13. The maximum atomic E-state index is 12.6. The van der Waals surface area contributed by atoms with E-state index in [1.54, 1.807) is 11.8 Å². The van der Waals surface area contributed by atoms with E-state index < -0.39 is 0 Å². The SMILES string of the molecule is CC(=O)N(CCC(=O)N1CCN(Cc2ccc3c(c2)OCO3)CC1)C(C)(C)C. The first kappa shape index (κ1) is 20.5. The lowest BCUT2D eigenvalue weighted by Gasteiger charge is -2.37. The zero-order chi connectivity index (χ0) is 20.3. The number of benzene rings is 1. The highest BCUT2D eigenvalue weighted by Gasteiger charge is 2.26. The molecular weight excluding hydrogens is 358 g/mol. The summed E-state index contributed by atoms with van der Waals surface area (Å²) >= 11 is 0. The molecule has 0 aliphatic carbocycles. The molecule has 0 spiro atoms. The molecule has 2 heterocycles. The quantitative estimate of drug-likeness (QED) is 0.772. The van der Waals surface area contributed by atoms with Gasteiger partial charge in [-0.1, -0.05) is 6.07 Å². The van der Waals surface area contributed by atoms with E-state index in [4.69, 9.17) is 9.47 Å². The van der Waals surface area contributed by atoms with Gasteiger partial charge in [0.2, 0.25) is 18.6 Å². The first-order chi connectivity index (χ1) is 13.2. The number of piperazine rings is 1. The fourth-order valence-corrected chi connectivity index (χ4v) is 3.78. The lowest BCUT2D eigenvalue weighted by atomic mass is 10.1. The van der Waals surface area contributed by atoms with Gasteiger partial charge in [-0.15, -0.1) is 0 Å². The number of ether oxygens (including phenoxy) is 2. The predicted octanol–water partition coefficient (Wildman–Crippen LogP) is 2.10. The molecule has 0 saturated carbocycles. The van der Waals surface area contributed by atoms with E-state index in [9.17, 15) is 9.59 Å². The summed E-state index contributed by atoms with van der Waals surface area (Å²) in [4.78, 5) is 30.5. The van der Waals surface area contributed by atoms with Crippen LogP contribution in [0, 0.1) is 0 Å². The van der Waals surface area contributed by atoms with Crippen LogP contribution in [0.1, 0.15) is 39.7 Å². The normalized spacial score (nSPS) is 16.9. The zero-order valence-electron chi connectivity index (χ0n) is 17.4. The Morgan fingerprint density at radius 3 is 2.39 bits per heavy atom. The lowest BCUT2D eigenvalue weighted by Crippen LogP contribution is -2.50. The summed E-state index contributed by atoms with van der Waals surface area (Å²) in [6.07, 6.45) is 0.374. The van der Waals surface area contributed by atoms with Crippen LogP contribution in [0.15, 0.2) is 18.2 Å². The maximum Gasteiger partial charge on any atom is 0.231 e. The number of carbonyl (C=O) groups excluding carboxylic acids is 2. The average Bonchev–Trinajstić information content (AvgIpc) is 3.08. The number of rotatable bonds is 5. The molecule has 28 heavy (non-hydrogen) atoms. The number of amides is 2. The van der Waals surface area contributed by atoms with Gasteiger partial charge in [0.1, 0.15) is 0 Å². The molecule has 7 heteroatoms. The second-order valence-electron chi connectivity index (χ2n) is 8.44. The van der Waals surface area contributed by atoms with Crippen LogP contribution < -0.4 is 9.47 Å². The first-order valence-electron chi connectivity index (χ1n) is 9.91. The van der Waals surface area contributed by atoms with Crippen LogP contribution in [0.4, 0.5) is 0 Å². The van der Waals surface area contributed by atoms with Gasteiger partial charge < -0.3 is 19.3 Å². The van der Waals surface area contributed by atoms with Crippen LogP contribution in [0.25, 0.3) is 0 Å². The van der Waals surface area contributed by atoms with Crippen molar-refractivity contribution in [2.24, 2.45) is 0 Å². The Labute approximate surface area is 167 Å². The standard InChI is InChI=1S/C21H31N3O4/c1-16(25)24(21(2,3)4)8-7-20(26)23-11-9-22(10-12-23)14-17-5-6-18-19(13-17)28-15-27-18/h5-6,13H,7-12,14-15H2,1-4H3.